The van der Waals surface area contributed by atoms with Crippen LogP contribution in [0.4, 0.5) is 4.79 Å². The minimum atomic E-state index is -1.23. The molecule has 2 aromatic carbocycles. The predicted octanol–water partition coefficient (Wildman–Crippen LogP) is 2.76. The van der Waals surface area contributed by atoms with Gasteiger partial charge in [-0.05, 0) is 55.9 Å². The highest BCUT2D eigenvalue weighted by Gasteiger charge is 2.38. The molecule has 0 radical (unpaired) electrons. The van der Waals surface area contributed by atoms with Gasteiger partial charge >= 0.3 is 6.09 Å². The number of carboxylic acid groups (broad SMARTS) is 1. The van der Waals surface area contributed by atoms with Crippen LogP contribution in [0.15, 0.2) is 42.5 Å². The molecule has 0 aliphatic carbocycles. The lowest BCUT2D eigenvalue weighted by Gasteiger charge is -2.28. The van der Waals surface area contributed by atoms with Crippen LogP contribution in [-0.4, -0.2) is 35.2 Å². The van der Waals surface area contributed by atoms with Crippen LogP contribution in [0.1, 0.15) is 32.8 Å². The summed E-state index contributed by atoms with van der Waals surface area (Å²) in [6.45, 7) is 5.66. The fourth-order valence-electron chi connectivity index (χ4n) is 3.60. The smallest absolute Gasteiger partial charge is 0.410 e. The van der Waals surface area contributed by atoms with Crippen molar-refractivity contribution >= 4 is 22.8 Å². The van der Waals surface area contributed by atoms with E-state index >= 15 is 0 Å². The maximum atomic E-state index is 12.4. The Morgan fingerprint density at radius 3 is 2.54 bits per heavy atom. The van der Waals surface area contributed by atoms with E-state index in [1.54, 1.807) is 20.8 Å². The molecule has 5 nitrogen and oxygen atoms in total. The summed E-state index contributed by atoms with van der Waals surface area (Å²) >= 11 is 0. The third-order valence-electron chi connectivity index (χ3n) is 4.68. The lowest BCUT2D eigenvalue weighted by atomic mass is 9.93. The van der Waals surface area contributed by atoms with Crippen molar-refractivity contribution in [3.05, 3.63) is 48.0 Å². The molecule has 1 amide bonds. The van der Waals surface area contributed by atoms with E-state index in [2.05, 4.69) is 24.3 Å². The van der Waals surface area contributed by atoms with Gasteiger partial charge in [-0.2, -0.15) is 0 Å². The number of amides is 1. The molecule has 138 valence electrons. The zero-order valence-corrected chi connectivity index (χ0v) is 15.4. The molecule has 3 rings (SSSR count). The molecule has 0 bridgehead atoms. The van der Waals surface area contributed by atoms with E-state index in [1.165, 1.54) is 4.90 Å². The molecular weight excluding hydrogens is 330 g/mol. The lowest BCUT2D eigenvalue weighted by Crippen LogP contribution is -2.48. The summed E-state index contributed by atoms with van der Waals surface area (Å²) < 4.78 is 5.37. The van der Waals surface area contributed by atoms with Crippen LogP contribution in [-0.2, 0) is 16.0 Å². The number of likely N-dealkylation sites (tertiary alicyclic amines) is 1. The van der Waals surface area contributed by atoms with Gasteiger partial charge in [-0.3, -0.25) is 4.90 Å². The number of carbonyl (C=O) groups excluding carboxylic acids is 2. The first kappa shape index (κ1) is 18.2. The van der Waals surface area contributed by atoms with Gasteiger partial charge in [-0.25, -0.2) is 4.79 Å². The van der Waals surface area contributed by atoms with Crippen molar-refractivity contribution in [2.45, 2.75) is 45.3 Å². The second-order valence-corrected chi connectivity index (χ2v) is 7.91. The van der Waals surface area contributed by atoms with Gasteiger partial charge in [0.1, 0.15) is 5.60 Å². The quantitative estimate of drug-likeness (QED) is 0.850. The first-order valence-electron chi connectivity index (χ1n) is 8.92. The van der Waals surface area contributed by atoms with Crippen molar-refractivity contribution in [2.24, 2.45) is 5.92 Å². The molecule has 1 heterocycles. The van der Waals surface area contributed by atoms with Crippen LogP contribution in [0.25, 0.3) is 10.8 Å². The summed E-state index contributed by atoms with van der Waals surface area (Å²) in [5, 5.41) is 13.9. The van der Waals surface area contributed by atoms with Gasteiger partial charge in [-0.15, -0.1) is 0 Å². The number of benzene rings is 2. The second-order valence-electron chi connectivity index (χ2n) is 7.91. The number of rotatable bonds is 3. The van der Waals surface area contributed by atoms with Crippen molar-refractivity contribution in [1.82, 2.24) is 4.90 Å². The normalized spacial score (nSPS) is 20.3. The number of hydrogen-bond donors (Lipinski definition) is 0. The van der Waals surface area contributed by atoms with E-state index in [0.29, 0.717) is 19.4 Å². The van der Waals surface area contributed by atoms with Gasteiger partial charge in [0, 0.05) is 6.54 Å². The molecule has 0 unspecified atom stereocenters. The van der Waals surface area contributed by atoms with Crippen LogP contribution in [0, 0.1) is 5.92 Å². The third-order valence-corrected chi connectivity index (χ3v) is 4.68. The number of fused-ring (bicyclic) bond motifs is 1. The van der Waals surface area contributed by atoms with Crippen molar-refractivity contribution < 1.29 is 19.4 Å². The first-order chi connectivity index (χ1) is 12.2. The van der Waals surface area contributed by atoms with Gasteiger partial charge in [0.15, 0.2) is 0 Å². The number of hydrogen-bond acceptors (Lipinski definition) is 4. The van der Waals surface area contributed by atoms with Gasteiger partial charge in [0.05, 0.1) is 12.0 Å². The Balaban J connectivity index is 1.79. The topological polar surface area (TPSA) is 69.7 Å². The Morgan fingerprint density at radius 2 is 1.85 bits per heavy atom. The molecule has 1 aliphatic rings. The van der Waals surface area contributed by atoms with Gasteiger partial charge in [0.25, 0.3) is 0 Å². The zero-order valence-electron chi connectivity index (χ0n) is 15.4. The largest absolute Gasteiger partial charge is 0.548 e. The molecule has 0 spiro atoms. The van der Waals surface area contributed by atoms with Crippen LogP contribution in [0.3, 0.4) is 0 Å². The molecule has 5 heteroatoms. The Kier molecular flexibility index (Phi) is 4.90. The van der Waals surface area contributed by atoms with E-state index in [1.807, 2.05) is 18.2 Å². The highest BCUT2D eigenvalue weighted by Crippen LogP contribution is 2.30. The SMILES string of the molecule is CC(C)(C)OC(=O)N1C[C@H](Cc2cccc3ccccc23)C[C@H]1C(=O)[O-]. The second kappa shape index (κ2) is 6.98. The van der Waals surface area contributed by atoms with E-state index in [4.69, 9.17) is 4.74 Å². The minimum absolute atomic E-state index is 0.0521. The molecule has 1 aliphatic heterocycles. The average Bonchev–Trinajstić information content (AvgIpc) is 2.98. The van der Waals surface area contributed by atoms with Crippen molar-refractivity contribution in [3.63, 3.8) is 0 Å². The third kappa shape index (κ3) is 3.98. The lowest BCUT2D eigenvalue weighted by molar-refractivity contribution is -0.310. The van der Waals surface area contributed by atoms with Crippen molar-refractivity contribution in [2.75, 3.05) is 6.54 Å². The fraction of sp³-hybridized carbons (Fsp3) is 0.429. The maximum absolute atomic E-state index is 12.4. The van der Waals surface area contributed by atoms with E-state index in [9.17, 15) is 14.7 Å². The predicted molar refractivity (Wildman–Crippen MR) is 97.5 cm³/mol. The van der Waals surface area contributed by atoms with Crippen molar-refractivity contribution in [3.8, 4) is 0 Å². The van der Waals surface area contributed by atoms with E-state index in [0.717, 1.165) is 16.3 Å². The summed E-state index contributed by atoms with van der Waals surface area (Å²) in [7, 11) is 0. The van der Waals surface area contributed by atoms with E-state index in [-0.39, 0.29) is 5.92 Å². The Morgan fingerprint density at radius 1 is 1.15 bits per heavy atom. The number of carboxylic acids is 1. The van der Waals surface area contributed by atoms with E-state index < -0.39 is 23.7 Å². The highest BCUT2D eigenvalue weighted by atomic mass is 16.6. The molecule has 1 fully saturated rings. The molecule has 0 saturated carbocycles. The molecule has 2 aromatic rings. The standard InChI is InChI=1S/C21H25NO4/c1-21(2,3)26-20(25)22-13-14(12-18(22)19(23)24)11-16-9-6-8-15-7-4-5-10-17(15)16/h4-10,14,18H,11-13H2,1-3H3,(H,23,24)/p-1/t14-,18+/m1/s1. The van der Waals surface area contributed by atoms with Crippen LogP contribution < -0.4 is 5.11 Å². The molecule has 2 atom stereocenters. The molecule has 26 heavy (non-hydrogen) atoms. The Bertz CT molecular complexity index is 819. The average molecular weight is 354 g/mol. The Labute approximate surface area is 153 Å². The van der Waals surface area contributed by atoms with Crippen molar-refractivity contribution in [1.29, 1.82) is 0 Å². The molecule has 1 saturated heterocycles. The van der Waals surface area contributed by atoms with Gasteiger partial charge < -0.3 is 14.6 Å². The zero-order chi connectivity index (χ0) is 18.9. The monoisotopic (exact) mass is 354 g/mol. The molecule has 0 aromatic heterocycles. The summed E-state index contributed by atoms with van der Waals surface area (Å²) in [6, 6.07) is 13.3. The van der Waals surface area contributed by atoms with Gasteiger partial charge in [-0.1, -0.05) is 42.5 Å². The fourth-order valence-corrected chi connectivity index (χ4v) is 3.60. The first-order valence-corrected chi connectivity index (χ1v) is 8.92. The number of carbonyl (C=O) groups is 2. The van der Waals surface area contributed by atoms with Crippen LogP contribution in [0.5, 0.6) is 0 Å². The summed E-state index contributed by atoms with van der Waals surface area (Å²) in [5.41, 5.74) is 0.498. The maximum Gasteiger partial charge on any atom is 0.410 e. The summed E-state index contributed by atoms with van der Waals surface area (Å²) in [4.78, 5) is 25.2. The number of nitrogens with zero attached hydrogens (tertiary/aromatic N) is 1. The van der Waals surface area contributed by atoms with Gasteiger partial charge in [0.2, 0.25) is 0 Å². The summed E-state index contributed by atoms with van der Waals surface area (Å²) in [5.74, 6) is -1.17. The highest BCUT2D eigenvalue weighted by molar-refractivity contribution is 5.85. The number of ether oxygens (including phenoxy) is 1. The molecule has 0 N–H and O–H groups in total. The minimum Gasteiger partial charge on any atom is -0.548 e. The molecular formula is C21H24NO4-. The number of aliphatic carboxylic acids is 1. The summed E-state index contributed by atoms with van der Waals surface area (Å²) in [6.07, 6.45) is 0.502. The van der Waals surface area contributed by atoms with Crippen LogP contribution in [0.2, 0.25) is 0 Å². The van der Waals surface area contributed by atoms with Crippen LogP contribution >= 0.6 is 0 Å². The Hall–Kier alpha value is -2.56.